The molecule has 0 aliphatic rings. The lowest BCUT2D eigenvalue weighted by Gasteiger charge is -2.27. The number of rotatable bonds is 6. The Bertz CT molecular complexity index is 713. The highest BCUT2D eigenvalue weighted by Gasteiger charge is 2.17. The molecule has 0 atom stereocenters. The quantitative estimate of drug-likeness (QED) is 0.817. The van der Waals surface area contributed by atoms with Crippen molar-refractivity contribution in [3.63, 3.8) is 0 Å². The number of benzene rings is 2. The van der Waals surface area contributed by atoms with Gasteiger partial charge in [0.25, 0.3) is 0 Å². The largest absolute Gasteiger partial charge is 0.497 e. The lowest BCUT2D eigenvalue weighted by molar-refractivity contribution is -0.132. The second-order valence-corrected chi connectivity index (χ2v) is 5.95. The molecule has 0 aliphatic carbocycles. The van der Waals surface area contributed by atoms with Crippen LogP contribution in [0.3, 0.4) is 0 Å². The lowest BCUT2D eigenvalue weighted by atomic mass is 10.1. The minimum atomic E-state index is 0.0829. The summed E-state index contributed by atoms with van der Waals surface area (Å²) in [6.45, 7) is 4.56. The standard InChI is InChI=1S/C20H22N2O2/c1-15(2)22(14-18-6-4-17(13-21)5-7-18)20(23)12-16-8-10-19(24-3)11-9-16/h4-11,15H,12,14H2,1-3H3. The highest BCUT2D eigenvalue weighted by molar-refractivity contribution is 5.79. The highest BCUT2D eigenvalue weighted by atomic mass is 16.5. The summed E-state index contributed by atoms with van der Waals surface area (Å²) in [6.07, 6.45) is 0.360. The van der Waals surface area contributed by atoms with Crippen LogP contribution in [0.5, 0.6) is 5.75 Å². The van der Waals surface area contributed by atoms with E-state index in [4.69, 9.17) is 10.00 Å². The molecule has 24 heavy (non-hydrogen) atoms. The van der Waals surface area contributed by atoms with Crippen LogP contribution in [-0.4, -0.2) is 24.0 Å². The Labute approximate surface area is 143 Å². The van der Waals surface area contributed by atoms with Gasteiger partial charge in [-0.05, 0) is 49.2 Å². The number of carbonyl (C=O) groups is 1. The number of methoxy groups -OCH3 is 1. The first kappa shape index (κ1) is 17.6. The molecule has 0 aliphatic heterocycles. The topological polar surface area (TPSA) is 53.3 Å². The van der Waals surface area contributed by atoms with Gasteiger partial charge in [0.2, 0.25) is 5.91 Å². The lowest BCUT2D eigenvalue weighted by Crippen LogP contribution is -2.37. The van der Waals surface area contributed by atoms with Gasteiger partial charge in [-0.3, -0.25) is 4.79 Å². The number of nitriles is 1. The fraction of sp³-hybridized carbons (Fsp3) is 0.300. The minimum absolute atomic E-state index is 0.0829. The first-order valence-corrected chi connectivity index (χ1v) is 7.95. The summed E-state index contributed by atoms with van der Waals surface area (Å²) in [7, 11) is 1.62. The Morgan fingerprint density at radius 2 is 1.67 bits per heavy atom. The van der Waals surface area contributed by atoms with Crippen molar-refractivity contribution in [3.05, 3.63) is 65.2 Å². The molecule has 0 N–H and O–H groups in total. The number of carbonyl (C=O) groups excluding carboxylic acids is 1. The van der Waals surface area contributed by atoms with Crippen molar-refractivity contribution < 1.29 is 9.53 Å². The second-order valence-electron chi connectivity index (χ2n) is 5.95. The molecule has 0 radical (unpaired) electrons. The molecule has 0 bridgehead atoms. The summed E-state index contributed by atoms with van der Waals surface area (Å²) in [5.41, 5.74) is 2.61. The van der Waals surface area contributed by atoms with Crippen LogP contribution in [0.15, 0.2) is 48.5 Å². The first-order valence-electron chi connectivity index (χ1n) is 7.95. The molecule has 0 unspecified atom stereocenters. The van der Waals surface area contributed by atoms with Crippen molar-refractivity contribution in [2.45, 2.75) is 32.9 Å². The summed E-state index contributed by atoms with van der Waals surface area (Å²) in [4.78, 5) is 14.5. The van der Waals surface area contributed by atoms with E-state index in [2.05, 4.69) is 6.07 Å². The van der Waals surface area contributed by atoms with Crippen LogP contribution in [0.25, 0.3) is 0 Å². The van der Waals surface area contributed by atoms with Crippen LogP contribution in [0.4, 0.5) is 0 Å². The van der Waals surface area contributed by atoms with Crippen molar-refractivity contribution in [3.8, 4) is 11.8 Å². The van der Waals surface area contributed by atoms with Gasteiger partial charge in [-0.15, -0.1) is 0 Å². The predicted molar refractivity (Wildman–Crippen MR) is 93.5 cm³/mol. The molecule has 2 rings (SSSR count). The van der Waals surface area contributed by atoms with E-state index in [9.17, 15) is 4.79 Å². The maximum atomic E-state index is 12.7. The molecule has 2 aromatic rings. The fourth-order valence-electron chi connectivity index (χ4n) is 2.46. The molecule has 0 saturated heterocycles. The van der Waals surface area contributed by atoms with E-state index in [0.29, 0.717) is 18.5 Å². The van der Waals surface area contributed by atoms with E-state index in [-0.39, 0.29) is 11.9 Å². The monoisotopic (exact) mass is 322 g/mol. The van der Waals surface area contributed by atoms with Crippen LogP contribution in [0, 0.1) is 11.3 Å². The summed E-state index contributed by atoms with van der Waals surface area (Å²) >= 11 is 0. The summed E-state index contributed by atoms with van der Waals surface area (Å²) in [6, 6.07) is 17.1. The molecular formula is C20H22N2O2. The van der Waals surface area contributed by atoms with Gasteiger partial charge in [0.1, 0.15) is 5.75 Å². The van der Waals surface area contributed by atoms with Gasteiger partial charge in [0, 0.05) is 12.6 Å². The molecule has 0 saturated carbocycles. The zero-order valence-corrected chi connectivity index (χ0v) is 14.3. The van der Waals surface area contributed by atoms with Crippen LogP contribution in [0.2, 0.25) is 0 Å². The van der Waals surface area contributed by atoms with Gasteiger partial charge in [0.05, 0.1) is 25.2 Å². The maximum absolute atomic E-state index is 12.7. The third-order valence-corrected chi connectivity index (χ3v) is 3.89. The number of amides is 1. The molecule has 0 aromatic heterocycles. The first-order chi connectivity index (χ1) is 11.5. The third kappa shape index (κ3) is 4.60. The van der Waals surface area contributed by atoms with Crippen LogP contribution in [0.1, 0.15) is 30.5 Å². The summed E-state index contributed by atoms with van der Waals surface area (Å²) in [5, 5.41) is 8.86. The second kappa shape index (κ2) is 8.16. The van der Waals surface area contributed by atoms with Gasteiger partial charge in [0.15, 0.2) is 0 Å². The Kier molecular flexibility index (Phi) is 5.97. The Hall–Kier alpha value is -2.80. The highest BCUT2D eigenvalue weighted by Crippen LogP contribution is 2.15. The van der Waals surface area contributed by atoms with Gasteiger partial charge in [-0.1, -0.05) is 24.3 Å². The predicted octanol–water partition coefficient (Wildman–Crippen LogP) is 3.55. The average molecular weight is 322 g/mol. The molecule has 0 heterocycles. The van der Waals surface area contributed by atoms with Crippen molar-refractivity contribution in [2.75, 3.05) is 7.11 Å². The van der Waals surface area contributed by atoms with Gasteiger partial charge >= 0.3 is 0 Å². The van der Waals surface area contributed by atoms with Gasteiger partial charge in [-0.2, -0.15) is 5.26 Å². The molecule has 1 amide bonds. The molecule has 4 heteroatoms. The van der Waals surface area contributed by atoms with E-state index >= 15 is 0 Å². The average Bonchev–Trinajstić information content (AvgIpc) is 2.60. The van der Waals surface area contributed by atoms with Crippen LogP contribution in [-0.2, 0) is 17.8 Å². The van der Waals surface area contributed by atoms with Crippen molar-refractivity contribution in [1.29, 1.82) is 5.26 Å². The zero-order valence-electron chi connectivity index (χ0n) is 14.3. The Balaban J connectivity index is 2.07. The van der Waals surface area contributed by atoms with Crippen molar-refractivity contribution in [2.24, 2.45) is 0 Å². The van der Waals surface area contributed by atoms with E-state index < -0.39 is 0 Å². The van der Waals surface area contributed by atoms with E-state index in [1.165, 1.54) is 0 Å². The summed E-state index contributed by atoms with van der Waals surface area (Å²) < 4.78 is 5.14. The number of ether oxygens (including phenoxy) is 1. The van der Waals surface area contributed by atoms with Crippen LogP contribution >= 0.6 is 0 Å². The van der Waals surface area contributed by atoms with Crippen molar-refractivity contribution >= 4 is 5.91 Å². The zero-order chi connectivity index (χ0) is 17.5. The summed E-state index contributed by atoms with van der Waals surface area (Å²) in [5.74, 6) is 0.865. The maximum Gasteiger partial charge on any atom is 0.227 e. The number of hydrogen-bond donors (Lipinski definition) is 0. The van der Waals surface area contributed by atoms with Crippen molar-refractivity contribution in [1.82, 2.24) is 4.90 Å². The van der Waals surface area contributed by atoms with E-state index in [0.717, 1.165) is 16.9 Å². The smallest absolute Gasteiger partial charge is 0.227 e. The van der Waals surface area contributed by atoms with E-state index in [1.54, 1.807) is 19.2 Å². The normalized spacial score (nSPS) is 10.3. The SMILES string of the molecule is COc1ccc(CC(=O)N(Cc2ccc(C#N)cc2)C(C)C)cc1. The van der Waals surface area contributed by atoms with Gasteiger partial charge in [-0.25, -0.2) is 0 Å². The Morgan fingerprint density at radius 1 is 1.08 bits per heavy atom. The van der Waals surface area contributed by atoms with E-state index in [1.807, 2.05) is 55.1 Å². The molecule has 0 spiro atoms. The fourth-order valence-corrected chi connectivity index (χ4v) is 2.46. The van der Waals surface area contributed by atoms with Crippen LogP contribution < -0.4 is 4.74 Å². The van der Waals surface area contributed by atoms with Gasteiger partial charge < -0.3 is 9.64 Å². The molecular weight excluding hydrogens is 300 g/mol. The Morgan fingerprint density at radius 3 is 2.17 bits per heavy atom. The number of hydrogen-bond acceptors (Lipinski definition) is 3. The molecule has 0 fully saturated rings. The number of nitrogens with zero attached hydrogens (tertiary/aromatic N) is 2. The minimum Gasteiger partial charge on any atom is -0.497 e. The molecule has 124 valence electrons. The molecule has 2 aromatic carbocycles. The third-order valence-electron chi connectivity index (χ3n) is 3.89. The molecule has 4 nitrogen and oxygen atoms in total.